The molecule has 0 aliphatic carbocycles. The van der Waals surface area contributed by atoms with Crippen LogP contribution in [-0.2, 0) is 10.3 Å². The maximum atomic E-state index is 13.5. The highest BCUT2D eigenvalue weighted by atomic mass is 16.4. The molecule has 1 atom stereocenters. The van der Waals surface area contributed by atoms with E-state index in [4.69, 9.17) is 0 Å². The van der Waals surface area contributed by atoms with E-state index in [1.807, 2.05) is 54.3 Å². The molecular weight excluding hydrogens is 416 g/mol. The lowest BCUT2D eigenvalue weighted by Crippen LogP contribution is -2.45. The minimum atomic E-state index is -1.19. The van der Waals surface area contributed by atoms with Gasteiger partial charge in [0, 0.05) is 0 Å². The van der Waals surface area contributed by atoms with Gasteiger partial charge in [-0.2, -0.15) is 0 Å². The van der Waals surface area contributed by atoms with Crippen LogP contribution in [0, 0.1) is 6.92 Å². The molecule has 3 aromatic carbocycles. The summed E-state index contributed by atoms with van der Waals surface area (Å²) in [6.45, 7) is 2.56. The molecule has 2 aliphatic rings. The van der Waals surface area contributed by atoms with Crippen molar-refractivity contribution in [2.24, 2.45) is 0 Å². The first-order valence-corrected chi connectivity index (χ1v) is 11.0. The van der Waals surface area contributed by atoms with Gasteiger partial charge in [0.05, 0.1) is 16.8 Å². The van der Waals surface area contributed by atoms with Crippen LogP contribution in [0.15, 0.2) is 66.7 Å². The third kappa shape index (κ3) is 3.02. The maximum Gasteiger partial charge on any atom is 0.328 e. The summed E-state index contributed by atoms with van der Waals surface area (Å²) in [5.74, 6) is -1.76. The Morgan fingerprint density at radius 2 is 1.64 bits per heavy atom. The molecule has 0 spiro atoms. The topological polar surface area (TPSA) is 77.9 Å². The molecule has 166 valence electrons. The average Bonchev–Trinajstić information content (AvgIpc) is 3.33. The molecule has 1 N–H and O–H groups in total. The van der Waals surface area contributed by atoms with Crippen molar-refractivity contribution in [2.75, 3.05) is 18.5 Å². The number of rotatable bonds is 4. The van der Waals surface area contributed by atoms with Crippen molar-refractivity contribution < 1.29 is 19.5 Å². The van der Waals surface area contributed by atoms with Crippen LogP contribution in [0.2, 0.25) is 0 Å². The van der Waals surface area contributed by atoms with Crippen LogP contribution in [0.1, 0.15) is 44.7 Å². The summed E-state index contributed by atoms with van der Waals surface area (Å²) in [6, 6.07) is 20.3. The summed E-state index contributed by atoms with van der Waals surface area (Å²) < 4.78 is 0. The van der Waals surface area contributed by atoms with E-state index in [-0.39, 0.29) is 11.5 Å². The number of carbonyl (C=O) groups is 3. The Balaban J connectivity index is 1.58. The van der Waals surface area contributed by atoms with E-state index in [0.29, 0.717) is 29.8 Å². The molecule has 6 heteroatoms. The second-order valence-electron chi connectivity index (χ2n) is 8.71. The zero-order valence-corrected chi connectivity index (χ0v) is 18.5. The lowest BCUT2D eigenvalue weighted by molar-refractivity contribution is -0.149. The number of benzene rings is 3. The normalized spacial score (nSPS) is 20.4. The monoisotopic (exact) mass is 440 g/mol. The zero-order chi connectivity index (χ0) is 23.3. The fourth-order valence-electron chi connectivity index (χ4n) is 5.23. The Morgan fingerprint density at radius 3 is 2.30 bits per heavy atom. The molecule has 1 saturated heterocycles. The predicted molar refractivity (Wildman–Crippen MR) is 125 cm³/mol. The summed E-state index contributed by atoms with van der Waals surface area (Å²) in [6.07, 6.45) is 1.21. The molecule has 33 heavy (non-hydrogen) atoms. The first-order valence-electron chi connectivity index (χ1n) is 11.0. The fourth-order valence-corrected chi connectivity index (χ4v) is 5.23. The summed E-state index contributed by atoms with van der Waals surface area (Å²) in [5, 5.41) is 10.1. The summed E-state index contributed by atoms with van der Waals surface area (Å²) >= 11 is 0. The Hall–Kier alpha value is -3.77. The van der Waals surface area contributed by atoms with Gasteiger partial charge in [0.25, 0.3) is 11.8 Å². The van der Waals surface area contributed by atoms with Crippen LogP contribution in [0.25, 0.3) is 11.1 Å². The predicted octanol–water partition coefficient (Wildman–Crippen LogP) is 4.47. The third-order valence-electron chi connectivity index (χ3n) is 7.03. The average molecular weight is 440 g/mol. The lowest BCUT2D eigenvalue weighted by atomic mass is 9.85. The summed E-state index contributed by atoms with van der Waals surface area (Å²) in [7, 11) is 1.78. The van der Waals surface area contributed by atoms with Gasteiger partial charge in [-0.3, -0.25) is 14.5 Å². The van der Waals surface area contributed by atoms with E-state index in [1.165, 1.54) is 4.90 Å². The van der Waals surface area contributed by atoms with E-state index in [9.17, 15) is 19.5 Å². The number of carboxylic acid groups (broad SMARTS) is 1. The third-order valence-corrected chi connectivity index (χ3v) is 7.03. The van der Waals surface area contributed by atoms with Crippen LogP contribution in [0.4, 0.5) is 5.69 Å². The van der Waals surface area contributed by atoms with Gasteiger partial charge in [0.1, 0.15) is 5.54 Å². The fraction of sp³-hybridized carbons (Fsp3) is 0.222. The number of likely N-dealkylation sites (tertiary alicyclic amines) is 1. The molecule has 2 aliphatic heterocycles. The van der Waals surface area contributed by atoms with Gasteiger partial charge in [-0.15, -0.1) is 0 Å². The smallest absolute Gasteiger partial charge is 0.328 e. The number of hydrogen-bond donors (Lipinski definition) is 1. The van der Waals surface area contributed by atoms with Gasteiger partial charge < -0.3 is 5.11 Å². The van der Waals surface area contributed by atoms with Crippen LogP contribution in [0.3, 0.4) is 0 Å². The van der Waals surface area contributed by atoms with Gasteiger partial charge in [-0.1, -0.05) is 48.5 Å². The van der Waals surface area contributed by atoms with Crippen molar-refractivity contribution in [3.8, 4) is 11.1 Å². The number of carboxylic acids is 1. The molecule has 6 nitrogen and oxygen atoms in total. The van der Waals surface area contributed by atoms with Crippen molar-refractivity contribution in [1.82, 2.24) is 4.90 Å². The number of imide groups is 1. The highest BCUT2D eigenvalue weighted by molar-refractivity contribution is 6.34. The number of nitrogens with zero attached hydrogens (tertiary/aromatic N) is 2. The number of hydrogen-bond acceptors (Lipinski definition) is 4. The molecule has 0 aromatic heterocycles. The van der Waals surface area contributed by atoms with Crippen molar-refractivity contribution in [2.45, 2.75) is 25.3 Å². The summed E-state index contributed by atoms with van der Waals surface area (Å²) in [5.41, 5.74) is 3.22. The number of carbonyl (C=O) groups excluding carboxylic acids is 2. The van der Waals surface area contributed by atoms with Crippen LogP contribution in [-0.4, -0.2) is 41.4 Å². The molecule has 1 fully saturated rings. The quantitative estimate of drug-likeness (QED) is 0.606. The first-order chi connectivity index (χ1) is 15.9. The molecule has 2 heterocycles. The highest BCUT2D eigenvalue weighted by Gasteiger charge is 2.48. The number of aliphatic carboxylic acids is 1. The van der Waals surface area contributed by atoms with Crippen LogP contribution in [0.5, 0.6) is 0 Å². The van der Waals surface area contributed by atoms with E-state index in [2.05, 4.69) is 0 Å². The number of likely N-dealkylation sites (N-methyl/N-ethyl adjacent to an activating group) is 1. The Labute approximate surface area is 192 Å². The van der Waals surface area contributed by atoms with E-state index in [1.54, 1.807) is 31.3 Å². The Morgan fingerprint density at radius 1 is 0.909 bits per heavy atom. The second-order valence-corrected chi connectivity index (χ2v) is 8.71. The standard InChI is InChI=1S/C27H24N2O4/c1-17-20(18-8-4-3-5-9-18)10-6-11-23(17)29-24(30)21-13-12-19(16-22(21)25(29)31)27(26(32)33)14-7-15-28(27)2/h3-6,8-13,16H,7,14-15H2,1-2H3,(H,32,33)/t27-/m1/s1. The molecule has 0 saturated carbocycles. The number of anilines is 1. The van der Waals surface area contributed by atoms with Crippen molar-refractivity contribution in [3.63, 3.8) is 0 Å². The first kappa shape index (κ1) is 21.1. The Bertz CT molecular complexity index is 1300. The number of fused-ring (bicyclic) bond motifs is 1. The molecule has 0 radical (unpaired) electrons. The van der Waals surface area contributed by atoms with Crippen molar-refractivity contribution >= 4 is 23.5 Å². The van der Waals surface area contributed by atoms with Gasteiger partial charge >= 0.3 is 5.97 Å². The molecule has 0 bridgehead atoms. The minimum absolute atomic E-state index is 0.253. The van der Waals surface area contributed by atoms with Gasteiger partial charge in [0.2, 0.25) is 0 Å². The van der Waals surface area contributed by atoms with Crippen molar-refractivity contribution in [1.29, 1.82) is 0 Å². The SMILES string of the molecule is Cc1c(-c2ccccc2)cccc1N1C(=O)c2ccc([C@@]3(C(=O)O)CCCN3C)cc2C1=O. The Kier molecular flexibility index (Phi) is 4.91. The van der Waals surface area contributed by atoms with Gasteiger partial charge in [0.15, 0.2) is 0 Å². The lowest BCUT2D eigenvalue weighted by Gasteiger charge is -2.32. The molecular formula is C27H24N2O4. The van der Waals surface area contributed by atoms with Crippen LogP contribution < -0.4 is 4.90 Å². The second kappa shape index (κ2) is 7.67. The van der Waals surface area contributed by atoms with E-state index < -0.39 is 17.4 Å². The summed E-state index contributed by atoms with van der Waals surface area (Å²) in [4.78, 5) is 42.1. The number of amides is 2. The van der Waals surface area contributed by atoms with Gasteiger partial charge in [-0.25, -0.2) is 9.69 Å². The maximum absolute atomic E-state index is 13.5. The van der Waals surface area contributed by atoms with E-state index >= 15 is 0 Å². The molecule has 5 rings (SSSR count). The van der Waals surface area contributed by atoms with Gasteiger partial charge in [-0.05, 0) is 73.8 Å². The molecule has 3 aromatic rings. The largest absolute Gasteiger partial charge is 0.480 e. The van der Waals surface area contributed by atoms with E-state index in [0.717, 1.165) is 23.1 Å². The molecule has 2 amide bonds. The zero-order valence-electron chi connectivity index (χ0n) is 18.5. The highest BCUT2D eigenvalue weighted by Crippen LogP contribution is 2.41. The molecule has 0 unspecified atom stereocenters. The minimum Gasteiger partial charge on any atom is -0.480 e. The van der Waals surface area contributed by atoms with Crippen molar-refractivity contribution in [3.05, 3.63) is 89.0 Å². The van der Waals surface area contributed by atoms with Crippen LogP contribution >= 0.6 is 0 Å².